The Bertz CT molecular complexity index is 687. The van der Waals surface area contributed by atoms with Crippen molar-refractivity contribution >= 4 is 12.0 Å². The first-order valence-corrected chi connectivity index (χ1v) is 6.68. The Morgan fingerprint density at radius 1 is 1.48 bits per heavy atom. The lowest BCUT2D eigenvalue weighted by atomic mass is 10.1. The van der Waals surface area contributed by atoms with E-state index in [1.165, 1.54) is 0 Å². The average molecular weight is 286 g/mol. The van der Waals surface area contributed by atoms with Crippen LogP contribution in [0.3, 0.4) is 0 Å². The maximum Gasteiger partial charge on any atom is 0.331 e. The summed E-state index contributed by atoms with van der Waals surface area (Å²) in [4.78, 5) is 15.3. The summed E-state index contributed by atoms with van der Waals surface area (Å²) in [5, 5.41) is 9.08. The monoisotopic (exact) mass is 286 g/mol. The molecule has 0 radical (unpaired) electrons. The van der Waals surface area contributed by atoms with Crippen molar-refractivity contribution in [2.75, 3.05) is 7.11 Å². The summed E-state index contributed by atoms with van der Waals surface area (Å²) >= 11 is 0. The highest BCUT2D eigenvalue weighted by Crippen LogP contribution is 2.25. The predicted molar refractivity (Wildman–Crippen MR) is 80.8 cm³/mol. The Morgan fingerprint density at radius 2 is 2.24 bits per heavy atom. The van der Waals surface area contributed by atoms with Crippen LogP contribution in [0.1, 0.15) is 24.6 Å². The quantitative estimate of drug-likeness (QED) is 0.858. The van der Waals surface area contributed by atoms with Gasteiger partial charge in [-0.05, 0) is 37.1 Å². The first-order chi connectivity index (χ1) is 10.0. The number of imidazole rings is 1. The van der Waals surface area contributed by atoms with Gasteiger partial charge < -0.3 is 14.4 Å². The molecular weight excluding hydrogens is 268 g/mol. The number of carboxylic acid groups (broad SMARTS) is 1. The average Bonchev–Trinajstić information content (AvgIpc) is 2.90. The molecule has 0 aliphatic heterocycles. The van der Waals surface area contributed by atoms with Gasteiger partial charge in [-0.3, -0.25) is 0 Å². The largest absolute Gasteiger partial charge is 0.495 e. The van der Waals surface area contributed by atoms with Gasteiger partial charge in [0, 0.05) is 11.8 Å². The maximum absolute atomic E-state index is 11.1. The van der Waals surface area contributed by atoms with E-state index in [-0.39, 0.29) is 0 Å². The molecule has 21 heavy (non-hydrogen) atoms. The molecule has 2 aromatic rings. The van der Waals surface area contributed by atoms with Crippen LogP contribution in [0.2, 0.25) is 0 Å². The number of methoxy groups -OCH3 is 1. The Labute approximate surface area is 123 Å². The van der Waals surface area contributed by atoms with Crippen molar-refractivity contribution in [1.29, 1.82) is 0 Å². The highest BCUT2D eigenvalue weighted by atomic mass is 16.5. The van der Waals surface area contributed by atoms with Gasteiger partial charge >= 0.3 is 5.97 Å². The highest BCUT2D eigenvalue weighted by molar-refractivity contribution is 5.92. The van der Waals surface area contributed by atoms with Gasteiger partial charge in [0.05, 0.1) is 24.8 Å². The molecule has 0 saturated carbocycles. The van der Waals surface area contributed by atoms with Crippen LogP contribution in [0, 0.1) is 6.92 Å². The third-order valence-corrected chi connectivity index (χ3v) is 3.19. The molecule has 0 amide bonds. The van der Waals surface area contributed by atoms with Crippen molar-refractivity contribution in [2.24, 2.45) is 0 Å². The van der Waals surface area contributed by atoms with Gasteiger partial charge in [-0.25, -0.2) is 9.78 Å². The molecule has 0 saturated heterocycles. The second-order valence-electron chi connectivity index (χ2n) is 4.68. The summed E-state index contributed by atoms with van der Waals surface area (Å²) in [6.07, 6.45) is 5.76. The van der Waals surface area contributed by atoms with Crippen molar-refractivity contribution in [2.45, 2.75) is 20.3 Å². The Balaban J connectivity index is 2.43. The van der Waals surface area contributed by atoms with E-state index in [0.29, 0.717) is 17.7 Å². The molecule has 0 unspecified atom stereocenters. The van der Waals surface area contributed by atoms with Gasteiger partial charge in [0.25, 0.3) is 0 Å². The molecule has 1 aromatic carbocycles. The zero-order valence-electron chi connectivity index (χ0n) is 12.3. The van der Waals surface area contributed by atoms with E-state index in [1.54, 1.807) is 19.5 Å². The fourth-order valence-electron chi connectivity index (χ4n) is 2.07. The number of carboxylic acids is 1. The minimum Gasteiger partial charge on any atom is -0.495 e. The van der Waals surface area contributed by atoms with E-state index in [4.69, 9.17) is 9.84 Å². The number of benzene rings is 1. The Morgan fingerprint density at radius 3 is 2.76 bits per heavy atom. The number of hydrogen-bond acceptors (Lipinski definition) is 3. The molecular formula is C16H18N2O3. The molecule has 0 fully saturated rings. The minimum atomic E-state index is -0.897. The van der Waals surface area contributed by atoms with Gasteiger partial charge in [0.1, 0.15) is 5.75 Å². The van der Waals surface area contributed by atoms with E-state index in [2.05, 4.69) is 4.98 Å². The highest BCUT2D eigenvalue weighted by Gasteiger charge is 2.09. The van der Waals surface area contributed by atoms with Gasteiger partial charge in [-0.2, -0.15) is 0 Å². The molecule has 110 valence electrons. The van der Waals surface area contributed by atoms with Crippen molar-refractivity contribution in [3.63, 3.8) is 0 Å². The SMILES string of the molecule is CCC(=Cc1ccc(-n2cnc(C)c2)c(OC)c1)C(=O)O. The van der Waals surface area contributed by atoms with E-state index < -0.39 is 5.97 Å². The number of aryl methyl sites for hydroxylation is 1. The van der Waals surface area contributed by atoms with Crippen molar-refractivity contribution in [1.82, 2.24) is 9.55 Å². The molecule has 5 heteroatoms. The topological polar surface area (TPSA) is 64.4 Å². The van der Waals surface area contributed by atoms with Gasteiger partial charge in [-0.1, -0.05) is 13.0 Å². The van der Waals surface area contributed by atoms with Crippen LogP contribution in [0.4, 0.5) is 0 Å². The first-order valence-electron chi connectivity index (χ1n) is 6.68. The van der Waals surface area contributed by atoms with Crippen LogP contribution in [-0.2, 0) is 4.79 Å². The van der Waals surface area contributed by atoms with Crippen LogP contribution >= 0.6 is 0 Å². The van der Waals surface area contributed by atoms with Crippen molar-refractivity contribution in [3.8, 4) is 11.4 Å². The van der Waals surface area contributed by atoms with Gasteiger partial charge in [0.15, 0.2) is 0 Å². The lowest BCUT2D eigenvalue weighted by Crippen LogP contribution is -1.99. The van der Waals surface area contributed by atoms with E-state index in [0.717, 1.165) is 16.9 Å². The zero-order valence-corrected chi connectivity index (χ0v) is 12.3. The fourth-order valence-corrected chi connectivity index (χ4v) is 2.07. The summed E-state index contributed by atoms with van der Waals surface area (Å²) < 4.78 is 7.27. The molecule has 1 aromatic heterocycles. The van der Waals surface area contributed by atoms with Gasteiger partial charge in [0.2, 0.25) is 0 Å². The minimum absolute atomic E-state index is 0.364. The molecule has 0 atom stereocenters. The van der Waals surface area contributed by atoms with Crippen LogP contribution in [0.5, 0.6) is 5.75 Å². The van der Waals surface area contributed by atoms with Crippen molar-refractivity contribution in [3.05, 3.63) is 47.6 Å². The summed E-state index contributed by atoms with van der Waals surface area (Å²) in [5.74, 6) is -0.229. The normalized spacial score (nSPS) is 11.5. The summed E-state index contributed by atoms with van der Waals surface area (Å²) in [6, 6.07) is 5.58. The van der Waals surface area contributed by atoms with E-state index in [9.17, 15) is 4.79 Å². The third-order valence-electron chi connectivity index (χ3n) is 3.19. The number of nitrogens with zero attached hydrogens (tertiary/aromatic N) is 2. The second-order valence-corrected chi connectivity index (χ2v) is 4.68. The molecule has 5 nitrogen and oxygen atoms in total. The molecule has 0 spiro atoms. The number of aromatic nitrogens is 2. The van der Waals surface area contributed by atoms with Crippen LogP contribution in [0.25, 0.3) is 11.8 Å². The van der Waals surface area contributed by atoms with Crippen LogP contribution < -0.4 is 4.74 Å². The number of ether oxygens (including phenoxy) is 1. The predicted octanol–water partition coefficient (Wildman–Crippen LogP) is 3.07. The summed E-state index contributed by atoms with van der Waals surface area (Å²) in [6.45, 7) is 3.74. The third kappa shape index (κ3) is 3.31. The molecule has 2 rings (SSSR count). The number of hydrogen-bond donors (Lipinski definition) is 1. The maximum atomic E-state index is 11.1. The van der Waals surface area contributed by atoms with Gasteiger partial charge in [-0.15, -0.1) is 0 Å². The second kappa shape index (κ2) is 6.26. The Kier molecular flexibility index (Phi) is 4.42. The summed E-state index contributed by atoms with van der Waals surface area (Å²) in [7, 11) is 1.59. The number of aliphatic carboxylic acids is 1. The van der Waals surface area contributed by atoms with E-state index >= 15 is 0 Å². The lowest BCUT2D eigenvalue weighted by Gasteiger charge is -2.10. The first kappa shape index (κ1) is 14.8. The lowest BCUT2D eigenvalue weighted by molar-refractivity contribution is -0.132. The zero-order chi connectivity index (χ0) is 15.4. The van der Waals surface area contributed by atoms with Crippen LogP contribution in [-0.4, -0.2) is 27.7 Å². The summed E-state index contributed by atoms with van der Waals surface area (Å²) in [5.41, 5.74) is 2.94. The Hall–Kier alpha value is -2.56. The fraction of sp³-hybridized carbons (Fsp3) is 0.250. The number of carbonyl (C=O) groups is 1. The van der Waals surface area contributed by atoms with Crippen molar-refractivity contribution < 1.29 is 14.6 Å². The van der Waals surface area contributed by atoms with E-state index in [1.807, 2.05) is 42.8 Å². The molecule has 0 aliphatic carbocycles. The molecule has 1 heterocycles. The smallest absolute Gasteiger partial charge is 0.331 e. The van der Waals surface area contributed by atoms with Crippen LogP contribution in [0.15, 0.2) is 36.3 Å². The number of rotatable bonds is 5. The molecule has 0 aliphatic rings. The molecule has 1 N–H and O–H groups in total. The molecule has 0 bridgehead atoms. The standard InChI is InChI=1S/C16H18N2O3/c1-4-13(16(19)20)7-12-5-6-14(15(8-12)21-3)18-9-11(2)17-10-18/h5-10H,4H2,1-3H3,(H,19,20).